The molecule has 0 radical (unpaired) electrons. The van der Waals surface area contributed by atoms with E-state index in [0.29, 0.717) is 18.6 Å². The van der Waals surface area contributed by atoms with Crippen LogP contribution in [0.4, 0.5) is 33.6 Å². The van der Waals surface area contributed by atoms with E-state index in [9.17, 15) is 26.7 Å². The first-order chi connectivity index (χ1) is 15.2. The first-order valence-corrected chi connectivity index (χ1v) is 9.78. The molecule has 2 saturated heterocycles. The van der Waals surface area contributed by atoms with Crippen molar-refractivity contribution in [3.05, 3.63) is 36.3 Å². The third kappa shape index (κ3) is 3.50. The second-order valence-electron chi connectivity index (χ2n) is 7.75. The fourth-order valence-corrected chi connectivity index (χ4v) is 4.25. The van der Waals surface area contributed by atoms with Crippen molar-refractivity contribution in [3.63, 3.8) is 0 Å². The van der Waals surface area contributed by atoms with Gasteiger partial charge in [0.2, 0.25) is 5.91 Å². The molecule has 3 aromatic rings. The molecule has 2 aliphatic rings. The van der Waals surface area contributed by atoms with Gasteiger partial charge in [-0.1, -0.05) is 6.07 Å². The summed E-state index contributed by atoms with van der Waals surface area (Å²) >= 11 is 0. The number of anilines is 2. The van der Waals surface area contributed by atoms with E-state index in [2.05, 4.69) is 20.1 Å². The quantitative estimate of drug-likeness (QED) is 0.565. The maximum atomic E-state index is 13.0. The first-order valence-electron chi connectivity index (χ1n) is 9.78. The summed E-state index contributed by atoms with van der Waals surface area (Å²) in [7, 11) is 0. The maximum Gasteiger partial charge on any atom is 0.433 e. The Morgan fingerprint density at radius 2 is 1.88 bits per heavy atom. The molecule has 2 atom stereocenters. The molecule has 1 amide bonds. The third-order valence-corrected chi connectivity index (χ3v) is 5.71. The summed E-state index contributed by atoms with van der Waals surface area (Å²) in [5.41, 5.74) is -0.491. The zero-order valence-electron chi connectivity index (χ0n) is 16.4. The van der Waals surface area contributed by atoms with Gasteiger partial charge in [0.15, 0.2) is 11.5 Å². The van der Waals surface area contributed by atoms with Crippen LogP contribution in [0.15, 0.2) is 30.6 Å². The number of pyridine rings is 1. The minimum atomic E-state index is -4.55. The highest BCUT2D eigenvalue weighted by Gasteiger charge is 2.47. The van der Waals surface area contributed by atoms with Crippen LogP contribution in [-0.4, -0.2) is 56.7 Å². The van der Waals surface area contributed by atoms with Crippen LogP contribution in [0.3, 0.4) is 0 Å². The second kappa shape index (κ2) is 7.35. The minimum absolute atomic E-state index is 0.137. The Morgan fingerprint density at radius 1 is 1.06 bits per heavy atom. The van der Waals surface area contributed by atoms with Crippen LogP contribution in [0, 0.1) is 11.8 Å². The van der Waals surface area contributed by atoms with Crippen molar-refractivity contribution in [2.24, 2.45) is 11.8 Å². The van der Waals surface area contributed by atoms with Gasteiger partial charge in [-0.25, -0.2) is 28.4 Å². The van der Waals surface area contributed by atoms with Gasteiger partial charge in [0.1, 0.15) is 23.6 Å². The molecular formula is C19H16F5N7O. The fourth-order valence-electron chi connectivity index (χ4n) is 4.25. The smallest absolute Gasteiger partial charge is 0.355 e. The number of rotatable bonds is 4. The van der Waals surface area contributed by atoms with Gasteiger partial charge in [0.25, 0.3) is 6.43 Å². The van der Waals surface area contributed by atoms with Crippen LogP contribution in [0.25, 0.3) is 11.2 Å². The number of amides is 1. The molecule has 0 saturated carbocycles. The predicted molar refractivity (Wildman–Crippen MR) is 102 cm³/mol. The van der Waals surface area contributed by atoms with Gasteiger partial charge in [0, 0.05) is 25.6 Å². The van der Waals surface area contributed by atoms with Gasteiger partial charge >= 0.3 is 6.18 Å². The average Bonchev–Trinajstić information content (AvgIpc) is 3.42. The Balaban J connectivity index is 1.35. The molecule has 8 nitrogen and oxygen atoms in total. The number of aromatic nitrogens is 5. The lowest BCUT2D eigenvalue weighted by molar-refractivity contribution is -0.141. The Morgan fingerprint density at radius 3 is 2.59 bits per heavy atom. The molecule has 0 spiro atoms. The second-order valence-corrected chi connectivity index (χ2v) is 7.75. The highest BCUT2D eigenvalue weighted by atomic mass is 19.4. The summed E-state index contributed by atoms with van der Waals surface area (Å²) in [6.07, 6.45) is -4.45. The molecule has 32 heavy (non-hydrogen) atoms. The van der Waals surface area contributed by atoms with Crippen LogP contribution in [0.5, 0.6) is 0 Å². The van der Waals surface area contributed by atoms with Crippen LogP contribution in [0.1, 0.15) is 5.69 Å². The highest BCUT2D eigenvalue weighted by Crippen LogP contribution is 2.37. The number of nitrogens with zero attached hydrogens (tertiary/aromatic N) is 7. The molecule has 0 unspecified atom stereocenters. The Hall–Kier alpha value is -3.38. The third-order valence-electron chi connectivity index (χ3n) is 5.71. The van der Waals surface area contributed by atoms with Gasteiger partial charge in [0.05, 0.1) is 18.3 Å². The summed E-state index contributed by atoms with van der Waals surface area (Å²) in [5, 5.41) is 3.86. The zero-order valence-corrected chi connectivity index (χ0v) is 16.4. The molecule has 0 N–H and O–H groups in total. The molecule has 5 rings (SSSR count). The standard InChI is InChI=1S/C19H16F5N7O/c20-14(21)9-31-17-12(4-26-31)25-5-16(28-17)30-7-10-6-29(8-11(10)18(30)32)15-3-1-2-13(27-15)19(22,23)24/h1-5,10-11,14H,6-9H2/t10-,11-/m1/s1. The summed E-state index contributed by atoms with van der Waals surface area (Å²) < 4.78 is 65.5. The van der Waals surface area contributed by atoms with E-state index in [1.54, 1.807) is 4.90 Å². The van der Waals surface area contributed by atoms with Gasteiger partial charge in [-0.2, -0.15) is 18.3 Å². The number of carbonyl (C=O) groups is 1. The largest absolute Gasteiger partial charge is 0.433 e. The van der Waals surface area contributed by atoms with Gasteiger partial charge in [-0.15, -0.1) is 0 Å². The SMILES string of the molecule is O=C1[C@@H]2CN(c3cccc(C(F)(F)F)n3)C[C@@H]2CN1c1cnc2cnn(CC(F)F)c2n1. The Bertz CT molecular complexity index is 1180. The van der Waals surface area contributed by atoms with Crippen LogP contribution < -0.4 is 9.80 Å². The molecule has 0 aromatic carbocycles. The van der Waals surface area contributed by atoms with Crippen molar-refractivity contribution in [1.29, 1.82) is 0 Å². The van der Waals surface area contributed by atoms with Gasteiger partial charge in [-0.05, 0) is 12.1 Å². The van der Waals surface area contributed by atoms with Crippen molar-refractivity contribution in [3.8, 4) is 0 Å². The Kier molecular flexibility index (Phi) is 4.71. The normalized spacial score (nSPS) is 21.2. The maximum absolute atomic E-state index is 13.0. The lowest BCUT2D eigenvalue weighted by atomic mass is 10.0. The van der Waals surface area contributed by atoms with E-state index in [1.807, 2.05) is 0 Å². The lowest BCUT2D eigenvalue weighted by Gasteiger charge is -2.22. The molecule has 0 bridgehead atoms. The molecule has 2 fully saturated rings. The van der Waals surface area contributed by atoms with Crippen LogP contribution >= 0.6 is 0 Å². The van der Waals surface area contributed by atoms with Crippen molar-refractivity contribution < 1.29 is 26.7 Å². The molecule has 13 heteroatoms. The monoisotopic (exact) mass is 453 g/mol. The van der Waals surface area contributed by atoms with E-state index >= 15 is 0 Å². The van der Waals surface area contributed by atoms with Gasteiger partial charge in [-0.3, -0.25) is 9.69 Å². The number of halogens is 5. The number of fused-ring (bicyclic) bond motifs is 2. The molecule has 5 heterocycles. The molecule has 3 aromatic heterocycles. The van der Waals surface area contributed by atoms with E-state index < -0.39 is 30.8 Å². The lowest BCUT2D eigenvalue weighted by Crippen LogP contribution is -2.33. The summed E-state index contributed by atoms with van der Waals surface area (Å²) in [6, 6.07) is 3.68. The Labute approximate surface area is 177 Å². The minimum Gasteiger partial charge on any atom is -0.355 e. The highest BCUT2D eigenvalue weighted by molar-refractivity contribution is 5.98. The first kappa shape index (κ1) is 20.5. The summed E-state index contributed by atoms with van der Waals surface area (Å²) in [5.74, 6) is -0.405. The number of carbonyl (C=O) groups excluding carboxylic acids is 1. The molecule has 2 aliphatic heterocycles. The molecular weight excluding hydrogens is 437 g/mol. The van der Waals surface area contributed by atoms with Crippen molar-refractivity contribution in [2.45, 2.75) is 19.1 Å². The number of alkyl halides is 5. The van der Waals surface area contributed by atoms with Crippen molar-refractivity contribution in [1.82, 2.24) is 24.7 Å². The van der Waals surface area contributed by atoms with E-state index in [-0.39, 0.29) is 35.7 Å². The van der Waals surface area contributed by atoms with E-state index in [0.717, 1.165) is 10.7 Å². The fraction of sp³-hybridized carbons (Fsp3) is 0.421. The van der Waals surface area contributed by atoms with Crippen molar-refractivity contribution >= 4 is 28.7 Å². The average molecular weight is 453 g/mol. The van der Waals surface area contributed by atoms with Gasteiger partial charge < -0.3 is 4.90 Å². The summed E-state index contributed by atoms with van der Waals surface area (Å²) in [4.78, 5) is 28.3. The topological polar surface area (TPSA) is 80.0 Å². The summed E-state index contributed by atoms with van der Waals surface area (Å²) in [6.45, 7) is 0.245. The van der Waals surface area contributed by atoms with E-state index in [1.165, 1.54) is 29.4 Å². The van der Waals surface area contributed by atoms with Crippen LogP contribution in [-0.2, 0) is 17.5 Å². The van der Waals surface area contributed by atoms with Crippen LogP contribution in [0.2, 0.25) is 0 Å². The predicted octanol–water partition coefficient (Wildman–Crippen LogP) is 2.60. The molecule has 0 aliphatic carbocycles. The number of hydrogen-bond donors (Lipinski definition) is 0. The number of hydrogen-bond acceptors (Lipinski definition) is 6. The molecule has 168 valence electrons. The van der Waals surface area contributed by atoms with Crippen molar-refractivity contribution in [2.75, 3.05) is 29.4 Å². The van der Waals surface area contributed by atoms with E-state index in [4.69, 9.17) is 0 Å². The zero-order chi connectivity index (χ0) is 22.6.